The number of nitrogens with one attached hydrogen (secondary N) is 1. The molecular formula is C10H16N2O. The summed E-state index contributed by atoms with van der Waals surface area (Å²) in [6.45, 7) is 4.13. The first-order valence-electron chi connectivity index (χ1n) is 4.52. The Labute approximate surface area is 78.8 Å². The summed E-state index contributed by atoms with van der Waals surface area (Å²) in [5.41, 5.74) is 1.00. The Morgan fingerprint density at radius 1 is 1.46 bits per heavy atom. The average molecular weight is 180 g/mol. The third-order valence-corrected chi connectivity index (χ3v) is 1.94. The molecule has 0 aliphatic carbocycles. The minimum Gasteiger partial charge on any atom is -0.395 e. The zero-order valence-electron chi connectivity index (χ0n) is 8.07. The van der Waals surface area contributed by atoms with Gasteiger partial charge in [-0.1, -0.05) is 6.07 Å². The van der Waals surface area contributed by atoms with E-state index in [2.05, 4.69) is 10.3 Å². The van der Waals surface area contributed by atoms with Crippen molar-refractivity contribution >= 4 is 0 Å². The lowest BCUT2D eigenvalue weighted by atomic mass is 10.2. The smallest absolute Gasteiger partial charge is 0.0582 e. The molecule has 0 amide bonds. The topological polar surface area (TPSA) is 45.1 Å². The lowest BCUT2D eigenvalue weighted by Gasteiger charge is -2.17. The van der Waals surface area contributed by atoms with E-state index >= 15 is 0 Å². The molecule has 1 rings (SSSR count). The minimum atomic E-state index is 0.108. The van der Waals surface area contributed by atoms with Crippen molar-refractivity contribution in [3.05, 3.63) is 30.1 Å². The molecule has 1 unspecified atom stereocenters. The van der Waals surface area contributed by atoms with Gasteiger partial charge in [0.2, 0.25) is 0 Å². The van der Waals surface area contributed by atoms with Crippen molar-refractivity contribution in [1.82, 2.24) is 10.3 Å². The van der Waals surface area contributed by atoms with Gasteiger partial charge in [0, 0.05) is 18.3 Å². The Morgan fingerprint density at radius 3 is 2.77 bits per heavy atom. The summed E-state index contributed by atoms with van der Waals surface area (Å²) >= 11 is 0. The Bertz CT molecular complexity index is 238. The molecule has 0 aromatic carbocycles. The largest absolute Gasteiger partial charge is 0.395 e. The van der Waals surface area contributed by atoms with E-state index in [1.54, 1.807) is 6.20 Å². The maximum atomic E-state index is 8.85. The first kappa shape index (κ1) is 10.2. The van der Waals surface area contributed by atoms with E-state index in [0.29, 0.717) is 0 Å². The van der Waals surface area contributed by atoms with Crippen molar-refractivity contribution in [2.75, 3.05) is 6.61 Å². The van der Waals surface area contributed by atoms with Gasteiger partial charge >= 0.3 is 0 Å². The van der Waals surface area contributed by atoms with Gasteiger partial charge in [0.15, 0.2) is 0 Å². The van der Waals surface area contributed by atoms with Gasteiger partial charge in [-0.3, -0.25) is 4.98 Å². The van der Waals surface area contributed by atoms with Crippen molar-refractivity contribution < 1.29 is 5.11 Å². The fourth-order valence-corrected chi connectivity index (χ4v) is 1.20. The molecule has 0 saturated carbocycles. The maximum absolute atomic E-state index is 8.85. The number of hydrogen-bond acceptors (Lipinski definition) is 3. The van der Waals surface area contributed by atoms with Gasteiger partial charge in [0.25, 0.3) is 0 Å². The predicted octanol–water partition coefficient (Wildman–Crippen LogP) is 1.11. The second-order valence-corrected chi connectivity index (χ2v) is 3.23. The fourth-order valence-electron chi connectivity index (χ4n) is 1.20. The van der Waals surface area contributed by atoms with Crippen LogP contribution in [0.4, 0.5) is 0 Å². The molecule has 3 heteroatoms. The van der Waals surface area contributed by atoms with Crippen LogP contribution in [0, 0.1) is 0 Å². The standard InChI is InChI=1S/C10H16N2O/c1-8(7-13)12-9(2)10-5-3-4-6-11-10/h3-6,8-9,12-13H,7H2,1-2H3/t8-,9?/m1/s1. The Hall–Kier alpha value is -0.930. The lowest BCUT2D eigenvalue weighted by Crippen LogP contribution is -2.32. The average Bonchev–Trinajstić information content (AvgIpc) is 2.19. The molecule has 1 aromatic rings. The van der Waals surface area contributed by atoms with Crippen LogP contribution in [0.1, 0.15) is 25.6 Å². The van der Waals surface area contributed by atoms with Gasteiger partial charge in [0.1, 0.15) is 0 Å². The van der Waals surface area contributed by atoms with Crippen LogP contribution in [0.3, 0.4) is 0 Å². The van der Waals surface area contributed by atoms with Crippen LogP contribution >= 0.6 is 0 Å². The summed E-state index contributed by atoms with van der Waals surface area (Å²) in [6, 6.07) is 6.12. The Kier molecular flexibility index (Phi) is 3.86. The van der Waals surface area contributed by atoms with Gasteiger partial charge in [-0.05, 0) is 26.0 Å². The third-order valence-electron chi connectivity index (χ3n) is 1.94. The Morgan fingerprint density at radius 2 is 2.23 bits per heavy atom. The third kappa shape index (κ3) is 3.13. The number of nitrogens with zero attached hydrogens (tertiary/aromatic N) is 1. The normalized spacial score (nSPS) is 15.3. The molecule has 0 spiro atoms. The molecule has 0 saturated heterocycles. The summed E-state index contributed by atoms with van der Waals surface area (Å²) in [7, 11) is 0. The number of hydrogen-bond donors (Lipinski definition) is 2. The predicted molar refractivity (Wildman–Crippen MR) is 52.3 cm³/mol. The molecule has 0 bridgehead atoms. The molecule has 0 aliphatic rings. The minimum absolute atomic E-state index is 0.108. The van der Waals surface area contributed by atoms with E-state index in [1.165, 1.54) is 0 Å². The van der Waals surface area contributed by atoms with Gasteiger partial charge in [0.05, 0.1) is 12.3 Å². The van der Waals surface area contributed by atoms with Crippen molar-refractivity contribution in [2.45, 2.75) is 25.9 Å². The highest BCUT2D eigenvalue weighted by molar-refractivity contribution is 5.07. The van der Waals surface area contributed by atoms with Crippen LogP contribution in [0.2, 0.25) is 0 Å². The van der Waals surface area contributed by atoms with Crippen molar-refractivity contribution in [3.63, 3.8) is 0 Å². The second-order valence-electron chi connectivity index (χ2n) is 3.23. The summed E-state index contributed by atoms with van der Waals surface area (Å²) < 4.78 is 0. The summed E-state index contributed by atoms with van der Waals surface area (Å²) in [5, 5.41) is 12.1. The second kappa shape index (κ2) is 4.94. The molecule has 0 radical (unpaired) electrons. The van der Waals surface area contributed by atoms with Crippen LogP contribution in [0.25, 0.3) is 0 Å². The monoisotopic (exact) mass is 180 g/mol. The van der Waals surface area contributed by atoms with E-state index in [4.69, 9.17) is 5.11 Å². The fraction of sp³-hybridized carbons (Fsp3) is 0.500. The summed E-state index contributed by atoms with van der Waals surface area (Å²) in [6.07, 6.45) is 1.77. The molecule has 3 nitrogen and oxygen atoms in total. The summed E-state index contributed by atoms with van der Waals surface area (Å²) in [5.74, 6) is 0. The van der Waals surface area contributed by atoms with E-state index < -0.39 is 0 Å². The van der Waals surface area contributed by atoms with Gasteiger partial charge in [-0.15, -0.1) is 0 Å². The van der Waals surface area contributed by atoms with Crippen LogP contribution in [0.5, 0.6) is 0 Å². The lowest BCUT2D eigenvalue weighted by molar-refractivity contribution is 0.242. The summed E-state index contributed by atoms with van der Waals surface area (Å²) in [4.78, 5) is 4.22. The van der Waals surface area contributed by atoms with Crippen LogP contribution in [0.15, 0.2) is 24.4 Å². The van der Waals surface area contributed by atoms with Crippen molar-refractivity contribution in [3.8, 4) is 0 Å². The first-order valence-corrected chi connectivity index (χ1v) is 4.52. The molecule has 0 aliphatic heterocycles. The van der Waals surface area contributed by atoms with Crippen molar-refractivity contribution in [1.29, 1.82) is 0 Å². The molecule has 2 atom stereocenters. The molecule has 1 aromatic heterocycles. The number of aliphatic hydroxyl groups excluding tert-OH is 1. The van der Waals surface area contributed by atoms with E-state index in [1.807, 2.05) is 32.0 Å². The van der Waals surface area contributed by atoms with Gasteiger partial charge < -0.3 is 10.4 Å². The highest BCUT2D eigenvalue weighted by atomic mass is 16.3. The van der Waals surface area contributed by atoms with E-state index in [0.717, 1.165) is 5.69 Å². The number of aromatic nitrogens is 1. The van der Waals surface area contributed by atoms with Crippen LogP contribution in [-0.4, -0.2) is 22.7 Å². The molecule has 72 valence electrons. The molecular weight excluding hydrogens is 164 g/mol. The maximum Gasteiger partial charge on any atom is 0.0582 e. The zero-order valence-corrected chi connectivity index (χ0v) is 8.07. The SMILES string of the molecule is CC(N[C@H](C)CO)c1ccccn1. The number of rotatable bonds is 4. The van der Waals surface area contributed by atoms with Gasteiger partial charge in [-0.25, -0.2) is 0 Å². The highest BCUT2D eigenvalue weighted by Crippen LogP contribution is 2.08. The molecule has 2 N–H and O–H groups in total. The quantitative estimate of drug-likeness (QED) is 0.729. The van der Waals surface area contributed by atoms with E-state index in [9.17, 15) is 0 Å². The number of pyridine rings is 1. The number of aliphatic hydroxyl groups is 1. The molecule has 13 heavy (non-hydrogen) atoms. The van der Waals surface area contributed by atoms with Crippen LogP contribution < -0.4 is 5.32 Å². The zero-order chi connectivity index (χ0) is 9.68. The molecule has 0 fully saturated rings. The first-order chi connectivity index (χ1) is 6.24. The highest BCUT2D eigenvalue weighted by Gasteiger charge is 2.08. The van der Waals surface area contributed by atoms with Crippen LogP contribution in [-0.2, 0) is 0 Å². The van der Waals surface area contributed by atoms with Gasteiger partial charge in [-0.2, -0.15) is 0 Å². The molecule has 1 heterocycles. The Balaban J connectivity index is 2.53. The van der Waals surface area contributed by atoms with Crippen molar-refractivity contribution in [2.24, 2.45) is 0 Å². The van der Waals surface area contributed by atoms with E-state index in [-0.39, 0.29) is 18.7 Å².